The summed E-state index contributed by atoms with van der Waals surface area (Å²) in [5.41, 5.74) is 2.12. The summed E-state index contributed by atoms with van der Waals surface area (Å²) in [5, 5.41) is 11.5. The highest BCUT2D eigenvalue weighted by molar-refractivity contribution is 9.10. The van der Waals surface area contributed by atoms with Gasteiger partial charge in [0.2, 0.25) is 0 Å². The lowest BCUT2D eigenvalue weighted by atomic mass is 10.2. The van der Waals surface area contributed by atoms with E-state index in [2.05, 4.69) is 37.6 Å². The van der Waals surface area contributed by atoms with Gasteiger partial charge in [0.1, 0.15) is 0 Å². The van der Waals surface area contributed by atoms with Crippen LogP contribution >= 0.6 is 15.9 Å². The predicted octanol–water partition coefficient (Wildman–Crippen LogP) is 1.82. The minimum absolute atomic E-state index is 0.700. The number of nitrogens with zero attached hydrogens (tertiary/aromatic N) is 3. The Morgan fingerprint density at radius 3 is 3.00 bits per heavy atom. The van der Waals surface area contributed by atoms with E-state index in [1.54, 1.807) is 7.11 Å². The number of benzene rings is 1. The Kier molecular flexibility index (Phi) is 5.50. The maximum atomic E-state index is 4.97. The molecule has 6 heteroatoms. The molecule has 1 aromatic heterocycles. The van der Waals surface area contributed by atoms with E-state index in [1.807, 2.05) is 29.1 Å². The van der Waals surface area contributed by atoms with E-state index >= 15 is 0 Å². The van der Waals surface area contributed by atoms with Crippen molar-refractivity contribution in [1.29, 1.82) is 0 Å². The van der Waals surface area contributed by atoms with E-state index in [1.165, 1.54) is 5.56 Å². The highest BCUT2D eigenvalue weighted by Crippen LogP contribution is 2.16. The molecule has 1 N–H and O–H groups in total. The number of methoxy groups -OCH3 is 1. The summed E-state index contributed by atoms with van der Waals surface area (Å²) < 4.78 is 7.90. The molecule has 2 aromatic rings. The molecule has 0 aliphatic rings. The van der Waals surface area contributed by atoms with Crippen molar-refractivity contribution in [3.05, 3.63) is 46.2 Å². The van der Waals surface area contributed by atoms with E-state index in [0.29, 0.717) is 19.7 Å². The fourth-order valence-electron chi connectivity index (χ4n) is 1.69. The molecular formula is C13H17BrN4O. The summed E-state index contributed by atoms with van der Waals surface area (Å²) in [6, 6.07) is 8.12. The topological polar surface area (TPSA) is 52.0 Å². The molecule has 0 saturated heterocycles. The van der Waals surface area contributed by atoms with Gasteiger partial charge < -0.3 is 10.1 Å². The lowest BCUT2D eigenvalue weighted by molar-refractivity contribution is 0.199. The molecule has 0 aliphatic carbocycles. The smallest absolute Gasteiger partial charge is 0.0964 e. The van der Waals surface area contributed by atoms with Crippen molar-refractivity contribution in [2.24, 2.45) is 0 Å². The molecule has 0 fully saturated rings. The van der Waals surface area contributed by atoms with Crippen LogP contribution in [0.2, 0.25) is 0 Å². The van der Waals surface area contributed by atoms with Gasteiger partial charge in [0.15, 0.2) is 0 Å². The molecule has 1 aromatic carbocycles. The first-order valence-electron chi connectivity index (χ1n) is 6.11. The molecule has 2 rings (SSSR count). The van der Waals surface area contributed by atoms with Crippen molar-refractivity contribution in [1.82, 2.24) is 20.3 Å². The average molecular weight is 325 g/mol. The summed E-state index contributed by atoms with van der Waals surface area (Å²) in [6.07, 6.45) is 1.96. The molecule has 0 spiro atoms. The van der Waals surface area contributed by atoms with Crippen LogP contribution in [0.3, 0.4) is 0 Å². The Morgan fingerprint density at radius 1 is 1.37 bits per heavy atom. The van der Waals surface area contributed by atoms with Crippen molar-refractivity contribution in [3.63, 3.8) is 0 Å². The Morgan fingerprint density at radius 2 is 2.21 bits per heavy atom. The van der Waals surface area contributed by atoms with Crippen LogP contribution in [0.1, 0.15) is 11.3 Å². The Labute approximate surface area is 121 Å². The van der Waals surface area contributed by atoms with Gasteiger partial charge in [0.25, 0.3) is 0 Å². The summed E-state index contributed by atoms with van der Waals surface area (Å²) in [4.78, 5) is 0. The zero-order valence-electron chi connectivity index (χ0n) is 10.8. The Hall–Kier alpha value is -1.24. The number of halogens is 1. The van der Waals surface area contributed by atoms with Crippen molar-refractivity contribution < 1.29 is 4.74 Å². The first kappa shape index (κ1) is 14.2. The van der Waals surface area contributed by atoms with Crippen LogP contribution in [-0.2, 0) is 17.8 Å². The quantitative estimate of drug-likeness (QED) is 0.789. The van der Waals surface area contributed by atoms with Crippen LogP contribution in [0.25, 0.3) is 0 Å². The van der Waals surface area contributed by atoms with Gasteiger partial charge in [-0.05, 0) is 11.6 Å². The molecule has 1 heterocycles. The van der Waals surface area contributed by atoms with Gasteiger partial charge in [-0.15, -0.1) is 5.10 Å². The van der Waals surface area contributed by atoms with Crippen molar-refractivity contribution >= 4 is 15.9 Å². The molecule has 0 amide bonds. The van der Waals surface area contributed by atoms with Crippen LogP contribution in [0, 0.1) is 0 Å². The van der Waals surface area contributed by atoms with Crippen LogP contribution < -0.4 is 5.32 Å². The largest absolute Gasteiger partial charge is 0.383 e. The number of hydrogen-bond donors (Lipinski definition) is 1. The third-order valence-corrected chi connectivity index (χ3v) is 3.44. The maximum Gasteiger partial charge on any atom is 0.0964 e. The minimum Gasteiger partial charge on any atom is -0.383 e. The lowest BCUT2D eigenvalue weighted by Gasteiger charge is -2.03. The maximum absolute atomic E-state index is 4.97. The number of aromatic nitrogens is 3. The zero-order chi connectivity index (χ0) is 13.5. The van der Waals surface area contributed by atoms with Gasteiger partial charge in [-0.2, -0.15) is 0 Å². The number of hydrogen-bond acceptors (Lipinski definition) is 4. The van der Waals surface area contributed by atoms with Gasteiger partial charge in [0, 0.05) is 24.7 Å². The van der Waals surface area contributed by atoms with E-state index in [9.17, 15) is 0 Å². The SMILES string of the molecule is COCCNCc1cn(Cc2ccccc2Br)nn1. The van der Waals surface area contributed by atoms with Gasteiger partial charge in [-0.1, -0.05) is 39.3 Å². The third kappa shape index (κ3) is 4.41. The summed E-state index contributed by atoms with van der Waals surface area (Å²) in [6.45, 7) is 2.94. The average Bonchev–Trinajstić information content (AvgIpc) is 2.85. The fourth-order valence-corrected chi connectivity index (χ4v) is 2.10. The molecule has 102 valence electrons. The minimum atomic E-state index is 0.700. The second-order valence-electron chi connectivity index (χ2n) is 4.17. The normalized spacial score (nSPS) is 10.8. The Balaban J connectivity index is 1.89. The standard InChI is InChI=1S/C13H17BrN4O/c1-19-7-6-15-8-12-10-18(17-16-12)9-11-4-2-3-5-13(11)14/h2-5,10,15H,6-9H2,1H3. The molecule has 0 bridgehead atoms. The first-order chi connectivity index (χ1) is 9.29. The molecule has 5 nitrogen and oxygen atoms in total. The first-order valence-corrected chi connectivity index (χ1v) is 6.91. The summed E-state index contributed by atoms with van der Waals surface area (Å²) in [7, 11) is 1.69. The molecule has 0 saturated carbocycles. The van der Waals surface area contributed by atoms with E-state index < -0.39 is 0 Å². The zero-order valence-corrected chi connectivity index (χ0v) is 12.4. The predicted molar refractivity (Wildman–Crippen MR) is 76.8 cm³/mol. The van der Waals surface area contributed by atoms with E-state index in [4.69, 9.17) is 4.74 Å². The Bertz CT molecular complexity index is 515. The van der Waals surface area contributed by atoms with Crippen LogP contribution in [0.15, 0.2) is 34.9 Å². The molecule has 0 atom stereocenters. The fraction of sp³-hybridized carbons (Fsp3) is 0.385. The second-order valence-corrected chi connectivity index (χ2v) is 5.02. The van der Waals surface area contributed by atoms with Crippen molar-refractivity contribution in [2.45, 2.75) is 13.1 Å². The van der Waals surface area contributed by atoms with E-state index in [-0.39, 0.29) is 0 Å². The van der Waals surface area contributed by atoms with Crippen LogP contribution in [-0.4, -0.2) is 35.3 Å². The molecule has 0 unspecified atom stereocenters. The highest BCUT2D eigenvalue weighted by atomic mass is 79.9. The number of nitrogens with one attached hydrogen (secondary N) is 1. The van der Waals surface area contributed by atoms with Crippen LogP contribution in [0.5, 0.6) is 0 Å². The lowest BCUT2D eigenvalue weighted by Crippen LogP contribution is -2.18. The van der Waals surface area contributed by atoms with Gasteiger partial charge >= 0.3 is 0 Å². The third-order valence-electron chi connectivity index (χ3n) is 2.67. The van der Waals surface area contributed by atoms with Gasteiger partial charge in [-0.25, -0.2) is 4.68 Å². The van der Waals surface area contributed by atoms with Crippen molar-refractivity contribution in [2.75, 3.05) is 20.3 Å². The highest BCUT2D eigenvalue weighted by Gasteiger charge is 2.03. The molecule has 19 heavy (non-hydrogen) atoms. The second kappa shape index (κ2) is 7.37. The van der Waals surface area contributed by atoms with Gasteiger partial charge in [-0.3, -0.25) is 0 Å². The number of rotatable bonds is 7. The summed E-state index contributed by atoms with van der Waals surface area (Å²) >= 11 is 3.53. The molecule has 0 aliphatic heterocycles. The number of ether oxygens (including phenoxy) is 1. The molecule has 0 radical (unpaired) electrons. The van der Waals surface area contributed by atoms with Crippen LogP contribution in [0.4, 0.5) is 0 Å². The summed E-state index contributed by atoms with van der Waals surface area (Å²) in [5.74, 6) is 0. The van der Waals surface area contributed by atoms with Gasteiger partial charge in [0.05, 0.1) is 25.0 Å². The van der Waals surface area contributed by atoms with E-state index in [0.717, 1.165) is 16.7 Å². The monoisotopic (exact) mass is 324 g/mol. The molecular weight excluding hydrogens is 308 g/mol. The van der Waals surface area contributed by atoms with Crippen molar-refractivity contribution in [3.8, 4) is 0 Å².